The summed E-state index contributed by atoms with van der Waals surface area (Å²) < 4.78 is 268. The number of alkyl halides is 18. The van der Waals surface area contributed by atoms with Gasteiger partial charge in [-0.15, -0.1) is 105 Å². The molecule has 12 bridgehead atoms. The fourth-order valence-corrected chi connectivity index (χ4v) is 28.9. The molecule has 0 aromatic rings. The van der Waals surface area contributed by atoms with Crippen molar-refractivity contribution in [1.82, 2.24) is 0 Å². The first-order valence-electron chi connectivity index (χ1n) is 49.9. The topological polar surface area (TPSA) is 204 Å². The maximum Gasteiger partial charge on any atom is 0.497 e. The van der Waals surface area contributed by atoms with Crippen LogP contribution in [-0.4, -0.2) is 175 Å². The van der Waals surface area contributed by atoms with Gasteiger partial charge in [-0.3, -0.25) is 0 Å². The number of aliphatic hydroxyl groups excluding tert-OH is 6. The SMILES string of the molecule is CC1(C)C2CCC1C(C[C-](O)C(F)(F)F)C2.CC1(C)C2CCC1C(C[C-](O)C(F)(F)F)C2.CC1(C)C2CCC1C(C[C-](O)C(F)(F)F)C2.CC1(C)C2CCC1C(C[C-](O)C(F)(F)F)C2.CC1C2CC(C[C-](O)C(F)(F)F)C(C2)C1C.CC1C2CC(C[C-](O)C(F)(F)F)C(C2)C1C.CCO[Si](C)(OCC)OCC.CCO[Si](C)(OCC)OCC.CO[Si](C)(OC)OC.C[Si](C)(C)C.C[Si](Cl)(Cl)Cl.C[Si](Cl)(Cl)Cl.[Rf].[Rf].[Rf].[Rf].[Rf].[Rf]. The van der Waals surface area contributed by atoms with Crippen LogP contribution in [0.4, 0.5) is 79.0 Å². The summed E-state index contributed by atoms with van der Waals surface area (Å²) in [6.07, 6.45) is -20.2. The largest absolute Gasteiger partial charge is 0.554 e. The fourth-order valence-electron chi connectivity index (χ4n) is 24.7. The van der Waals surface area contributed by atoms with Crippen LogP contribution in [0.25, 0.3) is 0 Å². The molecule has 858 valence electrons. The van der Waals surface area contributed by atoms with Gasteiger partial charge in [0.25, 0.3) is 37.1 Å². The van der Waals surface area contributed by atoms with Crippen molar-refractivity contribution in [3.05, 3.63) is 36.6 Å². The standard InChI is InChI=1S/6C12H18F3O.2C7H18O3Si.C4H12O3Si.C4H12Si.2CH3Cl3Si.6Rf/c2*1-6-7(2)10-4-8(6)3-9(10)5-11(16)12(13,14)15;4*1-11(2)8-3-4-9(11)7(5-8)6-10(16)12(13,14)15;2*1-5-8-11(4,9-6-2)10-7-3;1-5-8(4,6-2)7-3;3*1-5(2,3)4;;;;;;/h2*6-10,16H,3-5H2,1-2H3;4*7-9,16H,3-6H2,1-2H3;2*5-7H2,1-4H3;1-4H3;1-4H3;2*1H3;;;;;;/q6*-1;;;;;;;;;;;;. The van der Waals surface area contributed by atoms with Crippen LogP contribution in [-0.2, 0) is 39.8 Å². The van der Waals surface area contributed by atoms with Gasteiger partial charge in [0, 0.05) is 88.7 Å². The van der Waals surface area contributed by atoms with Crippen LogP contribution >= 0.6 is 66.5 Å². The molecule has 12 saturated carbocycles. The average molecular weight is 3890 g/mol. The fraction of sp³-hybridized carbons (Fsp3) is 0.938. The van der Waals surface area contributed by atoms with E-state index < -0.39 is 120 Å². The Hall–Kier alpha value is -4.82. The molecule has 0 radical (unpaired) electrons. The molecule has 0 heterocycles. The Morgan fingerprint density at radius 1 is 0.265 bits per heavy atom. The van der Waals surface area contributed by atoms with E-state index in [1.807, 2.05) is 61.2 Å². The molecule has 0 aliphatic heterocycles. The van der Waals surface area contributed by atoms with Crippen molar-refractivity contribution in [1.29, 1.82) is 0 Å². The number of fused-ring (bicyclic) bond motifs is 12. The minimum atomic E-state index is -4.54. The summed E-state index contributed by atoms with van der Waals surface area (Å²) >= 11 is 31.2. The molecule has 12 aliphatic rings. The van der Waals surface area contributed by atoms with Gasteiger partial charge in [-0.25, -0.2) is 79.0 Å². The molecule has 12 aliphatic carbocycles. The van der Waals surface area contributed by atoms with E-state index in [9.17, 15) is 79.0 Å². The summed E-state index contributed by atoms with van der Waals surface area (Å²) in [5.74, 6) is 7.93. The Morgan fingerprint density at radius 2 is 0.415 bits per heavy atom. The van der Waals surface area contributed by atoms with Gasteiger partial charge in [0.15, 0.2) is 0 Å². The zero-order chi connectivity index (χ0) is 110. The third-order valence-electron chi connectivity index (χ3n) is 32.3. The Kier molecular flexibility index (Phi) is 64.1. The van der Waals surface area contributed by atoms with Crippen molar-refractivity contribution >= 4 is 113 Å². The number of rotatable bonds is 27. The number of halogens is 24. The zero-order valence-corrected chi connectivity index (χ0v) is 142. The molecule has 0 amide bonds. The van der Waals surface area contributed by atoms with Crippen LogP contribution in [0.5, 0.6) is 0 Å². The summed E-state index contributed by atoms with van der Waals surface area (Å²) in [7, 11) is -2.53. The molecule has 0 saturated heterocycles. The second-order valence-corrected chi connectivity index (χ2v) is 79.1. The number of aliphatic hydroxyl groups is 6. The van der Waals surface area contributed by atoms with E-state index in [1.54, 1.807) is 34.4 Å². The van der Waals surface area contributed by atoms with Gasteiger partial charge in [-0.05, 0) is 274 Å². The molecule has 12 fully saturated rings. The van der Waals surface area contributed by atoms with E-state index >= 15 is 0 Å². The van der Waals surface area contributed by atoms with Crippen molar-refractivity contribution in [2.75, 3.05) is 61.0 Å². The third kappa shape index (κ3) is 49.0. The molecule has 6 N–H and O–H groups in total. The van der Waals surface area contributed by atoms with Crippen LogP contribution in [0.3, 0.4) is 0 Å². The maximum atomic E-state index is 12.3. The first kappa shape index (κ1) is 153. The molecule has 147 heavy (non-hydrogen) atoms. The Morgan fingerprint density at radius 3 is 0.510 bits per heavy atom. The van der Waals surface area contributed by atoms with Crippen molar-refractivity contribution in [2.45, 2.75) is 362 Å². The molecule has 0 aromatic heterocycles. The van der Waals surface area contributed by atoms with Gasteiger partial charge in [-0.2, -0.15) is 0 Å². The van der Waals surface area contributed by atoms with E-state index in [1.165, 1.54) is 0 Å². The second-order valence-electron chi connectivity index (χ2n) is 44.8. The predicted molar refractivity (Wildman–Crippen MR) is 537 cm³/mol. The third-order valence-corrected chi connectivity index (χ3v) is 39.4. The molecule has 22 atom stereocenters. The number of hydrogen-bond donors (Lipinski definition) is 6. The van der Waals surface area contributed by atoms with E-state index in [-0.39, 0.29) is 95.7 Å². The molecule has 22 unspecified atom stereocenters. The summed E-state index contributed by atoms with van der Waals surface area (Å²) in [5.41, 5.74) is 0.653. The second kappa shape index (κ2) is 61.6. The van der Waals surface area contributed by atoms with Crippen molar-refractivity contribution in [3.8, 4) is 0 Å². The van der Waals surface area contributed by atoms with E-state index in [4.69, 9.17) is 137 Å². The van der Waals surface area contributed by atoms with Gasteiger partial charge in [-0.1, -0.05) is 181 Å². The molecule has 51 heteroatoms. The van der Waals surface area contributed by atoms with Crippen molar-refractivity contribution in [2.24, 2.45) is 152 Å². The first-order valence-corrected chi connectivity index (χ1v) is 71.6. The van der Waals surface area contributed by atoms with Gasteiger partial charge in [0.2, 0.25) is 0 Å². The van der Waals surface area contributed by atoms with Crippen LogP contribution in [0.2, 0.25) is 58.9 Å². The zero-order valence-electron chi connectivity index (χ0n) is 93.2. The molecular formula is C96H174Cl6F18O15Rf6Si6-6. The van der Waals surface area contributed by atoms with Crippen LogP contribution in [0.15, 0.2) is 0 Å². The van der Waals surface area contributed by atoms with Crippen LogP contribution < -0.4 is 0 Å². The normalized spacial score (nSPS) is 29.3. The summed E-state index contributed by atoms with van der Waals surface area (Å²) in [6, 6.07) is -4.39. The smallest absolute Gasteiger partial charge is 0.497 e. The quantitative estimate of drug-likeness (QED) is 0.0196. The Balaban J connectivity index is -0.000000374. The van der Waals surface area contributed by atoms with Crippen LogP contribution in [0.1, 0.15) is 266 Å². The van der Waals surface area contributed by atoms with Gasteiger partial charge >= 0.3 is 38.4 Å². The summed E-state index contributed by atoms with van der Waals surface area (Å²) in [6.45, 7) is 59.7. The monoisotopic (exact) mass is 3890 g/mol. The predicted octanol–water partition coefficient (Wildman–Crippen LogP) is 33.5. The van der Waals surface area contributed by atoms with Crippen molar-refractivity contribution < 1.29 is 150 Å². The Labute approximate surface area is 868 Å². The summed E-state index contributed by atoms with van der Waals surface area (Å²) in [4.78, 5) is 0. The minimum absolute atomic E-state index is 0. The Bertz CT molecular complexity index is 3110. The van der Waals surface area contributed by atoms with Gasteiger partial charge in [0.05, 0.1) is 0 Å². The molecule has 12 rings (SSSR count). The molecular weight excluding hydrogens is 3720 g/mol. The maximum absolute atomic E-state index is 12.3. The van der Waals surface area contributed by atoms with Gasteiger partial charge < -0.3 is 70.5 Å². The van der Waals surface area contributed by atoms with Crippen LogP contribution in [0, 0.1) is 188 Å². The van der Waals surface area contributed by atoms with E-state index in [0.29, 0.717) is 134 Å². The average Bonchev–Trinajstić information content (AvgIpc) is 1.60. The van der Waals surface area contributed by atoms with E-state index in [0.717, 1.165) is 103 Å². The number of hydrogen-bond acceptors (Lipinski definition) is 15. The molecule has 0 aromatic carbocycles. The molecule has 15 nitrogen and oxygen atoms in total. The summed E-state index contributed by atoms with van der Waals surface area (Å²) in [5, 5.41) is 54.2. The molecule has 0 spiro atoms. The van der Waals surface area contributed by atoms with Crippen molar-refractivity contribution in [3.63, 3.8) is 0 Å². The first-order chi connectivity index (χ1) is 63.6. The van der Waals surface area contributed by atoms with E-state index in [2.05, 4.69) is 109 Å². The van der Waals surface area contributed by atoms with Gasteiger partial charge in [0.1, 0.15) is 0 Å². The minimum Gasteiger partial charge on any atom is -0.554 e.